The number of anilines is 1. The van der Waals surface area contributed by atoms with Crippen molar-refractivity contribution in [1.29, 1.82) is 0 Å². The van der Waals surface area contributed by atoms with Gasteiger partial charge in [0, 0.05) is 37.6 Å². The first-order chi connectivity index (χ1) is 11.6. The van der Waals surface area contributed by atoms with Crippen molar-refractivity contribution in [3.63, 3.8) is 0 Å². The van der Waals surface area contributed by atoms with E-state index in [4.69, 9.17) is 0 Å². The van der Waals surface area contributed by atoms with Crippen LogP contribution in [0.15, 0.2) is 43.0 Å². The second kappa shape index (κ2) is 7.04. The van der Waals surface area contributed by atoms with Crippen LogP contribution in [0, 0.1) is 0 Å². The van der Waals surface area contributed by atoms with E-state index in [-0.39, 0.29) is 11.7 Å². The summed E-state index contributed by atoms with van der Waals surface area (Å²) in [6.45, 7) is 1.80. The first-order valence-electron chi connectivity index (χ1n) is 7.91. The van der Waals surface area contributed by atoms with E-state index in [1.54, 1.807) is 36.8 Å². The fourth-order valence-electron chi connectivity index (χ4n) is 2.72. The molecule has 0 spiro atoms. The van der Waals surface area contributed by atoms with Gasteiger partial charge >= 0.3 is 0 Å². The number of carbonyl (C=O) groups excluding carboxylic acids is 1. The summed E-state index contributed by atoms with van der Waals surface area (Å²) < 4.78 is 27.3. The van der Waals surface area contributed by atoms with E-state index in [9.17, 15) is 13.2 Å². The minimum absolute atomic E-state index is 0.164. The molecule has 1 aromatic heterocycles. The topological polar surface area (TPSA) is 84.3 Å². The number of aromatic nitrogens is 2. The van der Waals surface area contributed by atoms with E-state index in [0.29, 0.717) is 30.8 Å². The van der Waals surface area contributed by atoms with Gasteiger partial charge in [0.25, 0.3) is 5.91 Å². The predicted octanol–water partition coefficient (Wildman–Crippen LogP) is 1.24. The van der Waals surface area contributed by atoms with Crippen LogP contribution in [0.25, 0.3) is 0 Å². The zero-order chi connectivity index (χ0) is 17.0. The van der Waals surface area contributed by atoms with E-state index in [2.05, 4.69) is 10.3 Å². The molecule has 8 heteroatoms. The Morgan fingerprint density at radius 2 is 2.21 bits per heavy atom. The van der Waals surface area contributed by atoms with E-state index in [1.165, 1.54) is 4.31 Å². The van der Waals surface area contributed by atoms with Gasteiger partial charge in [-0.15, -0.1) is 0 Å². The number of amides is 1. The lowest BCUT2D eigenvalue weighted by molar-refractivity contribution is 0.0952. The number of nitrogens with zero attached hydrogens (tertiary/aromatic N) is 3. The van der Waals surface area contributed by atoms with Gasteiger partial charge in [0.2, 0.25) is 10.0 Å². The monoisotopic (exact) mass is 348 g/mol. The summed E-state index contributed by atoms with van der Waals surface area (Å²) in [7, 11) is -3.24. The van der Waals surface area contributed by atoms with Crippen molar-refractivity contribution in [3.05, 3.63) is 48.5 Å². The number of hydrogen-bond donors (Lipinski definition) is 1. The zero-order valence-corrected chi connectivity index (χ0v) is 14.1. The van der Waals surface area contributed by atoms with Crippen molar-refractivity contribution in [1.82, 2.24) is 14.9 Å². The third kappa shape index (κ3) is 3.76. The van der Waals surface area contributed by atoms with Gasteiger partial charge in [-0.05, 0) is 31.0 Å². The van der Waals surface area contributed by atoms with E-state index < -0.39 is 10.0 Å². The summed E-state index contributed by atoms with van der Waals surface area (Å²) in [6, 6.07) is 6.76. The standard InChI is InChI=1S/C16H20N4O3S/c21-16(18-6-2-8-19-10-7-17-13-19)14-4-1-5-15(12-14)20-9-3-11-24(20,22)23/h1,4-5,7,10,12-13H,2-3,6,8-9,11H2,(H,18,21). The molecule has 1 saturated heterocycles. The summed E-state index contributed by atoms with van der Waals surface area (Å²) >= 11 is 0. The van der Waals surface area contributed by atoms with Gasteiger partial charge in [-0.2, -0.15) is 0 Å². The molecule has 0 bridgehead atoms. The second-order valence-corrected chi connectivity index (χ2v) is 7.71. The van der Waals surface area contributed by atoms with Crippen LogP contribution in [-0.2, 0) is 16.6 Å². The quantitative estimate of drug-likeness (QED) is 0.796. The Kier molecular flexibility index (Phi) is 4.84. The maximum Gasteiger partial charge on any atom is 0.251 e. The van der Waals surface area contributed by atoms with Gasteiger partial charge in [-0.1, -0.05) is 6.07 Å². The first-order valence-corrected chi connectivity index (χ1v) is 9.51. The summed E-state index contributed by atoms with van der Waals surface area (Å²) in [4.78, 5) is 16.2. The Bertz CT molecular complexity index is 802. The maximum atomic E-state index is 12.2. The molecule has 2 heterocycles. The molecule has 7 nitrogen and oxygen atoms in total. The smallest absolute Gasteiger partial charge is 0.251 e. The average molecular weight is 348 g/mol. The molecule has 128 valence electrons. The van der Waals surface area contributed by atoms with Crippen molar-refractivity contribution >= 4 is 21.6 Å². The second-order valence-electron chi connectivity index (χ2n) is 5.70. The number of benzene rings is 1. The molecule has 1 aliphatic heterocycles. The van der Waals surface area contributed by atoms with Gasteiger partial charge in [0.1, 0.15) is 0 Å². The van der Waals surface area contributed by atoms with Gasteiger partial charge in [-0.3, -0.25) is 9.10 Å². The van der Waals surface area contributed by atoms with Crippen molar-refractivity contribution in [2.75, 3.05) is 23.1 Å². The molecule has 0 atom stereocenters. The summed E-state index contributed by atoms with van der Waals surface area (Å²) in [5.74, 6) is -0.0309. The molecule has 1 amide bonds. The molecule has 0 radical (unpaired) electrons. The highest BCUT2D eigenvalue weighted by Crippen LogP contribution is 2.24. The normalized spacial score (nSPS) is 16.2. The number of hydrogen-bond acceptors (Lipinski definition) is 4. The third-order valence-corrected chi connectivity index (χ3v) is 5.80. The molecule has 0 aliphatic carbocycles. The lowest BCUT2D eigenvalue weighted by Crippen LogP contribution is -2.27. The number of nitrogens with one attached hydrogen (secondary N) is 1. The summed E-state index contributed by atoms with van der Waals surface area (Å²) in [6.07, 6.45) is 6.75. The molecule has 0 saturated carbocycles. The lowest BCUT2D eigenvalue weighted by Gasteiger charge is -2.17. The van der Waals surface area contributed by atoms with Crippen molar-refractivity contribution in [2.45, 2.75) is 19.4 Å². The maximum absolute atomic E-state index is 12.2. The average Bonchev–Trinajstić information content (AvgIpc) is 3.20. The Morgan fingerprint density at radius 1 is 1.33 bits per heavy atom. The Hall–Kier alpha value is -2.35. The molecular weight excluding hydrogens is 328 g/mol. The highest BCUT2D eigenvalue weighted by atomic mass is 32.2. The lowest BCUT2D eigenvalue weighted by atomic mass is 10.2. The molecule has 0 unspecified atom stereocenters. The van der Waals surface area contributed by atoms with Crippen molar-refractivity contribution in [3.8, 4) is 0 Å². The summed E-state index contributed by atoms with van der Waals surface area (Å²) in [5, 5.41) is 2.86. The van der Waals surface area contributed by atoms with E-state index >= 15 is 0 Å². The van der Waals surface area contributed by atoms with Crippen LogP contribution in [-0.4, -0.2) is 42.7 Å². The number of aryl methyl sites for hydroxylation is 1. The molecule has 3 rings (SSSR count). The van der Waals surface area contributed by atoms with E-state index in [0.717, 1.165) is 13.0 Å². The predicted molar refractivity (Wildman–Crippen MR) is 91.4 cm³/mol. The Balaban J connectivity index is 1.58. The molecule has 1 aliphatic rings. The van der Waals surface area contributed by atoms with Crippen LogP contribution in [0.3, 0.4) is 0 Å². The summed E-state index contributed by atoms with van der Waals surface area (Å²) in [5.41, 5.74) is 1.02. The van der Waals surface area contributed by atoms with Gasteiger partial charge in [-0.25, -0.2) is 13.4 Å². The van der Waals surface area contributed by atoms with Gasteiger partial charge in [0.05, 0.1) is 17.8 Å². The fourth-order valence-corrected chi connectivity index (χ4v) is 4.27. The van der Waals surface area contributed by atoms with Crippen LogP contribution in [0.5, 0.6) is 0 Å². The van der Waals surface area contributed by atoms with Crippen LogP contribution < -0.4 is 9.62 Å². The van der Waals surface area contributed by atoms with E-state index in [1.807, 2.05) is 10.8 Å². The first kappa shape index (κ1) is 16.5. The van der Waals surface area contributed by atoms with Gasteiger partial charge in [0.15, 0.2) is 0 Å². The number of rotatable bonds is 6. The third-order valence-electron chi connectivity index (χ3n) is 3.93. The molecule has 2 aromatic rings. The number of sulfonamides is 1. The largest absolute Gasteiger partial charge is 0.352 e. The van der Waals surface area contributed by atoms with Crippen molar-refractivity contribution in [2.24, 2.45) is 0 Å². The van der Waals surface area contributed by atoms with Crippen LogP contribution in [0.4, 0.5) is 5.69 Å². The molecule has 1 aromatic carbocycles. The number of imidazole rings is 1. The zero-order valence-electron chi connectivity index (χ0n) is 13.3. The Labute approximate surface area is 141 Å². The molecule has 1 N–H and O–H groups in total. The highest BCUT2D eigenvalue weighted by molar-refractivity contribution is 7.93. The SMILES string of the molecule is O=C(NCCCn1ccnc1)c1cccc(N2CCCS2(=O)=O)c1. The molecular formula is C16H20N4O3S. The van der Waals surface area contributed by atoms with Crippen LogP contribution >= 0.6 is 0 Å². The Morgan fingerprint density at radius 3 is 2.92 bits per heavy atom. The van der Waals surface area contributed by atoms with Crippen molar-refractivity contribution < 1.29 is 13.2 Å². The molecule has 1 fully saturated rings. The highest BCUT2D eigenvalue weighted by Gasteiger charge is 2.28. The minimum atomic E-state index is -3.24. The molecule has 24 heavy (non-hydrogen) atoms. The van der Waals surface area contributed by atoms with Gasteiger partial charge < -0.3 is 9.88 Å². The number of carbonyl (C=O) groups is 1. The van der Waals surface area contributed by atoms with Crippen LogP contribution in [0.2, 0.25) is 0 Å². The fraction of sp³-hybridized carbons (Fsp3) is 0.375. The minimum Gasteiger partial charge on any atom is -0.352 e. The van der Waals surface area contributed by atoms with Crippen LogP contribution in [0.1, 0.15) is 23.2 Å².